The predicted octanol–water partition coefficient (Wildman–Crippen LogP) is 3.09. The number of methoxy groups -OCH3 is 1. The van der Waals surface area contributed by atoms with E-state index in [4.69, 9.17) is 9.47 Å². The molecule has 0 aromatic carbocycles. The summed E-state index contributed by atoms with van der Waals surface area (Å²) in [7, 11) is 1.38. The first-order valence-electron chi connectivity index (χ1n) is 8.56. The number of nitrogens with zero attached hydrogens (tertiary/aromatic N) is 1. The first-order valence-corrected chi connectivity index (χ1v) is 9.44. The van der Waals surface area contributed by atoms with E-state index in [2.05, 4.69) is 10.3 Å². The quantitative estimate of drug-likeness (QED) is 0.805. The van der Waals surface area contributed by atoms with Crippen LogP contribution in [0.4, 0.5) is 0 Å². The van der Waals surface area contributed by atoms with Crippen molar-refractivity contribution >= 4 is 23.3 Å². The number of esters is 2. The number of ether oxygens (including phenoxy) is 2. The molecule has 1 fully saturated rings. The molecule has 1 aromatic rings. The van der Waals surface area contributed by atoms with Crippen molar-refractivity contribution in [3.8, 4) is 0 Å². The number of carbonyl (C=O) groups is 2. The van der Waals surface area contributed by atoms with Crippen LogP contribution >= 0.6 is 11.3 Å². The number of rotatable bonds is 5. The zero-order valence-corrected chi connectivity index (χ0v) is 16.6. The van der Waals surface area contributed by atoms with Gasteiger partial charge in [-0.1, -0.05) is 13.8 Å². The van der Waals surface area contributed by atoms with Crippen LogP contribution in [-0.2, 0) is 19.1 Å². The SMILES string of the molecule is COC(=O)[C@]1(CC(C)C)C[C@H](C(=O)OC(C)(C)C)[C@@H](c2nccs2)N1. The molecule has 1 aliphatic heterocycles. The van der Waals surface area contributed by atoms with Crippen LogP contribution < -0.4 is 5.32 Å². The van der Waals surface area contributed by atoms with E-state index in [0.717, 1.165) is 5.01 Å². The van der Waals surface area contributed by atoms with Crippen molar-refractivity contribution in [2.45, 2.75) is 64.6 Å². The molecule has 0 aliphatic carbocycles. The van der Waals surface area contributed by atoms with Gasteiger partial charge in [0.1, 0.15) is 16.1 Å². The smallest absolute Gasteiger partial charge is 0.326 e. The van der Waals surface area contributed by atoms with E-state index in [1.165, 1.54) is 18.4 Å². The molecule has 3 atom stereocenters. The third-order valence-electron chi connectivity index (χ3n) is 4.16. The van der Waals surface area contributed by atoms with Crippen LogP contribution in [0.15, 0.2) is 11.6 Å². The zero-order valence-electron chi connectivity index (χ0n) is 15.8. The Morgan fingerprint density at radius 3 is 2.60 bits per heavy atom. The summed E-state index contributed by atoms with van der Waals surface area (Å²) in [6.07, 6.45) is 2.63. The first-order chi connectivity index (χ1) is 11.6. The molecule has 7 heteroatoms. The summed E-state index contributed by atoms with van der Waals surface area (Å²) >= 11 is 1.46. The fourth-order valence-electron chi connectivity index (χ4n) is 3.43. The highest BCUT2D eigenvalue weighted by Gasteiger charge is 2.55. The van der Waals surface area contributed by atoms with Gasteiger partial charge in [-0.2, -0.15) is 0 Å². The third kappa shape index (κ3) is 4.58. The van der Waals surface area contributed by atoms with Crippen LogP contribution in [0, 0.1) is 11.8 Å². The Balaban J connectivity index is 2.38. The number of thiazole rings is 1. The van der Waals surface area contributed by atoms with Crippen molar-refractivity contribution in [1.82, 2.24) is 10.3 Å². The van der Waals surface area contributed by atoms with Gasteiger partial charge in [0.2, 0.25) is 0 Å². The standard InChI is InChI=1S/C18H28N2O4S/c1-11(2)9-18(16(22)23-6)10-12(15(21)24-17(3,4)5)13(20-18)14-19-7-8-25-14/h7-8,11-13,20H,9-10H2,1-6H3/t12-,13-,18-/m0/s1. The second-order valence-electron chi connectivity index (χ2n) is 8.01. The maximum Gasteiger partial charge on any atom is 0.326 e. The Bertz CT molecular complexity index is 609. The topological polar surface area (TPSA) is 77.5 Å². The Hall–Kier alpha value is -1.47. The molecule has 1 aromatic heterocycles. The van der Waals surface area contributed by atoms with Gasteiger partial charge >= 0.3 is 11.9 Å². The van der Waals surface area contributed by atoms with Crippen LogP contribution in [0.1, 0.15) is 58.5 Å². The Morgan fingerprint density at radius 1 is 1.44 bits per heavy atom. The molecule has 1 aliphatic rings. The molecular formula is C18H28N2O4S. The molecule has 1 N–H and O–H groups in total. The van der Waals surface area contributed by atoms with E-state index in [0.29, 0.717) is 12.8 Å². The maximum atomic E-state index is 12.8. The lowest BCUT2D eigenvalue weighted by atomic mass is 9.84. The summed E-state index contributed by atoms with van der Waals surface area (Å²) < 4.78 is 10.7. The molecule has 0 radical (unpaired) electrons. The molecule has 1 saturated heterocycles. The molecule has 0 amide bonds. The lowest BCUT2D eigenvalue weighted by molar-refractivity contribution is -0.160. The Kier molecular flexibility index (Phi) is 5.89. The molecule has 2 heterocycles. The van der Waals surface area contributed by atoms with Crippen molar-refractivity contribution in [1.29, 1.82) is 0 Å². The summed E-state index contributed by atoms with van der Waals surface area (Å²) in [6.45, 7) is 9.62. The fraction of sp³-hybridized carbons (Fsp3) is 0.722. The van der Waals surface area contributed by atoms with Gasteiger partial charge < -0.3 is 9.47 Å². The van der Waals surface area contributed by atoms with Crippen molar-refractivity contribution in [2.75, 3.05) is 7.11 Å². The fourth-order valence-corrected chi connectivity index (χ4v) is 4.18. The molecule has 2 rings (SSSR count). The minimum absolute atomic E-state index is 0.265. The lowest BCUT2D eigenvalue weighted by Gasteiger charge is -2.29. The zero-order chi connectivity index (χ0) is 18.8. The van der Waals surface area contributed by atoms with E-state index in [9.17, 15) is 9.59 Å². The first kappa shape index (κ1) is 19.8. The highest BCUT2D eigenvalue weighted by molar-refractivity contribution is 7.09. The van der Waals surface area contributed by atoms with E-state index in [-0.39, 0.29) is 23.9 Å². The average molecular weight is 368 g/mol. The van der Waals surface area contributed by atoms with Gasteiger partial charge in [0.05, 0.1) is 19.1 Å². The molecule has 0 bridgehead atoms. The number of aromatic nitrogens is 1. The van der Waals surface area contributed by atoms with Crippen LogP contribution in [0.5, 0.6) is 0 Å². The number of hydrogen-bond donors (Lipinski definition) is 1. The largest absolute Gasteiger partial charge is 0.468 e. The van der Waals surface area contributed by atoms with Gasteiger partial charge in [0.25, 0.3) is 0 Å². The molecule has 0 saturated carbocycles. The number of nitrogens with one attached hydrogen (secondary N) is 1. The van der Waals surface area contributed by atoms with E-state index >= 15 is 0 Å². The maximum absolute atomic E-state index is 12.8. The van der Waals surface area contributed by atoms with E-state index in [1.54, 1.807) is 6.20 Å². The van der Waals surface area contributed by atoms with Crippen molar-refractivity contribution in [3.63, 3.8) is 0 Å². The van der Waals surface area contributed by atoms with Crippen LogP contribution in [-0.4, -0.2) is 35.2 Å². The molecule has 25 heavy (non-hydrogen) atoms. The Morgan fingerprint density at radius 2 is 2.12 bits per heavy atom. The number of carbonyl (C=O) groups excluding carboxylic acids is 2. The highest BCUT2D eigenvalue weighted by Crippen LogP contribution is 2.43. The summed E-state index contributed by atoms with van der Waals surface area (Å²) in [5, 5.41) is 6.03. The van der Waals surface area contributed by atoms with E-state index in [1.807, 2.05) is 40.0 Å². The van der Waals surface area contributed by atoms with Crippen molar-refractivity contribution in [3.05, 3.63) is 16.6 Å². The van der Waals surface area contributed by atoms with Crippen LogP contribution in [0.2, 0.25) is 0 Å². The molecule has 0 spiro atoms. The second-order valence-corrected chi connectivity index (χ2v) is 8.93. The average Bonchev–Trinajstić information content (AvgIpc) is 3.11. The monoisotopic (exact) mass is 368 g/mol. The lowest BCUT2D eigenvalue weighted by Crippen LogP contribution is -2.49. The minimum atomic E-state index is -0.902. The highest BCUT2D eigenvalue weighted by atomic mass is 32.1. The van der Waals surface area contributed by atoms with Gasteiger partial charge in [0.15, 0.2) is 0 Å². The summed E-state index contributed by atoms with van der Waals surface area (Å²) in [5.74, 6) is -0.868. The van der Waals surface area contributed by atoms with Gasteiger partial charge in [0, 0.05) is 11.6 Å². The van der Waals surface area contributed by atoms with Gasteiger partial charge in [-0.05, 0) is 39.5 Å². The van der Waals surface area contributed by atoms with E-state index < -0.39 is 17.1 Å². The van der Waals surface area contributed by atoms with Crippen LogP contribution in [0.25, 0.3) is 0 Å². The Labute approximate surface area is 153 Å². The van der Waals surface area contributed by atoms with Gasteiger partial charge in [-0.3, -0.25) is 14.9 Å². The molecular weight excluding hydrogens is 340 g/mol. The summed E-state index contributed by atoms with van der Waals surface area (Å²) in [4.78, 5) is 29.8. The van der Waals surface area contributed by atoms with Gasteiger partial charge in [-0.15, -0.1) is 11.3 Å². The van der Waals surface area contributed by atoms with Crippen molar-refractivity contribution in [2.24, 2.45) is 11.8 Å². The third-order valence-corrected chi connectivity index (χ3v) is 5.02. The normalized spacial score (nSPS) is 26.7. The molecule has 6 nitrogen and oxygen atoms in total. The van der Waals surface area contributed by atoms with Crippen LogP contribution in [0.3, 0.4) is 0 Å². The molecule has 0 unspecified atom stereocenters. The second kappa shape index (κ2) is 7.41. The summed E-state index contributed by atoms with van der Waals surface area (Å²) in [5.41, 5.74) is -1.49. The number of hydrogen-bond acceptors (Lipinski definition) is 7. The predicted molar refractivity (Wildman–Crippen MR) is 96.1 cm³/mol. The summed E-state index contributed by atoms with van der Waals surface area (Å²) in [6, 6.07) is -0.354. The van der Waals surface area contributed by atoms with Gasteiger partial charge in [-0.25, -0.2) is 4.98 Å². The minimum Gasteiger partial charge on any atom is -0.468 e. The van der Waals surface area contributed by atoms with Crippen molar-refractivity contribution < 1.29 is 19.1 Å². The molecule has 140 valence electrons.